The normalized spacial score (nSPS) is 14.1. The maximum absolute atomic E-state index is 12.9. The van der Waals surface area contributed by atoms with Crippen molar-refractivity contribution in [1.29, 1.82) is 5.26 Å². The molecule has 0 saturated carbocycles. The number of hydrogen-bond acceptors (Lipinski definition) is 7. The minimum absolute atomic E-state index is 0. The number of carbonyl (C=O) groups is 2. The van der Waals surface area contributed by atoms with E-state index < -0.39 is 17.7 Å². The summed E-state index contributed by atoms with van der Waals surface area (Å²) in [5, 5.41) is 20.7. The number of nitrogens with zero attached hydrogens (tertiary/aromatic N) is 4. The van der Waals surface area contributed by atoms with Crippen LogP contribution >= 0.6 is 12.4 Å². The van der Waals surface area contributed by atoms with E-state index in [1.165, 1.54) is 0 Å². The molecule has 0 amide bonds. The number of halogens is 1. The van der Waals surface area contributed by atoms with Gasteiger partial charge in [-0.3, -0.25) is 9.47 Å². The number of ether oxygens (including phenoxy) is 1. The first-order valence-corrected chi connectivity index (χ1v) is 14.6. The highest BCUT2D eigenvalue weighted by molar-refractivity contribution is 5.96. The Morgan fingerprint density at radius 3 is 2.44 bits per heavy atom. The third kappa shape index (κ3) is 6.98. The summed E-state index contributed by atoms with van der Waals surface area (Å²) >= 11 is 0. The summed E-state index contributed by atoms with van der Waals surface area (Å²) < 4.78 is 12.8. The number of hydrogen-bond donors (Lipinski definition) is 1. The van der Waals surface area contributed by atoms with Crippen molar-refractivity contribution in [3.63, 3.8) is 0 Å². The first kappa shape index (κ1) is 31.9. The van der Waals surface area contributed by atoms with Crippen molar-refractivity contribution in [1.82, 2.24) is 9.47 Å². The van der Waals surface area contributed by atoms with Gasteiger partial charge in [0.15, 0.2) is 0 Å². The van der Waals surface area contributed by atoms with Crippen molar-refractivity contribution in [2.24, 2.45) is 0 Å². The van der Waals surface area contributed by atoms with Gasteiger partial charge in [-0.2, -0.15) is 5.26 Å². The number of furan rings is 1. The van der Waals surface area contributed by atoms with E-state index >= 15 is 0 Å². The van der Waals surface area contributed by atoms with Gasteiger partial charge in [0.2, 0.25) is 5.76 Å². The second-order valence-electron chi connectivity index (χ2n) is 11.9. The third-order valence-corrected chi connectivity index (χ3v) is 7.84. The molecule has 0 aliphatic carbocycles. The second-order valence-corrected chi connectivity index (χ2v) is 11.9. The standard InChI is InChI=1S/C33H38N4O5.ClH/c1-5-25-27-19-24(10-12-29(27)41-30(25)31(38)39)36-16-14-35(15-17-36)13-7-6-8-23-21-37(32(40)42-33(2,3)4)28-11-9-22(20-34)18-26(23)28;/h9-12,18-19,21H,5-8,13-17H2,1-4H3,(H,38,39);1H. The van der Waals surface area contributed by atoms with Gasteiger partial charge >= 0.3 is 12.1 Å². The van der Waals surface area contributed by atoms with Gasteiger partial charge in [0.1, 0.15) is 11.2 Å². The summed E-state index contributed by atoms with van der Waals surface area (Å²) in [6.07, 6.45) is 4.85. The van der Waals surface area contributed by atoms with E-state index in [0.29, 0.717) is 17.6 Å². The Labute approximate surface area is 258 Å². The number of carboxylic acids is 1. The van der Waals surface area contributed by atoms with Crippen LogP contribution in [0, 0.1) is 11.3 Å². The van der Waals surface area contributed by atoms with Gasteiger partial charge in [0, 0.05) is 54.4 Å². The van der Waals surface area contributed by atoms with Gasteiger partial charge in [-0.25, -0.2) is 9.59 Å². The average Bonchev–Trinajstić information content (AvgIpc) is 3.52. The van der Waals surface area contributed by atoms with Crippen molar-refractivity contribution in [2.75, 3.05) is 37.6 Å². The summed E-state index contributed by atoms with van der Waals surface area (Å²) in [7, 11) is 0. The van der Waals surface area contributed by atoms with E-state index in [1.807, 2.05) is 58.2 Å². The maximum Gasteiger partial charge on any atom is 0.419 e. The Balaban J connectivity index is 0.00000423. The molecule has 2 aromatic carbocycles. The number of aromatic nitrogens is 1. The molecule has 3 heterocycles. The Kier molecular flexibility index (Phi) is 9.73. The van der Waals surface area contributed by atoms with Crippen LogP contribution in [0.2, 0.25) is 0 Å². The number of unbranched alkanes of at least 4 members (excludes halogenated alkanes) is 1. The molecular formula is C33H39ClN4O5. The van der Waals surface area contributed by atoms with Gasteiger partial charge in [0.05, 0.1) is 17.1 Å². The van der Waals surface area contributed by atoms with Gasteiger partial charge < -0.3 is 19.2 Å². The van der Waals surface area contributed by atoms with Crippen LogP contribution < -0.4 is 4.90 Å². The van der Waals surface area contributed by atoms with Crippen molar-refractivity contribution >= 4 is 52.0 Å². The molecule has 5 rings (SSSR count). The van der Waals surface area contributed by atoms with Crippen LogP contribution in [-0.2, 0) is 17.6 Å². The van der Waals surface area contributed by atoms with Gasteiger partial charge in [-0.15, -0.1) is 12.4 Å². The van der Waals surface area contributed by atoms with Crippen LogP contribution in [0.1, 0.15) is 67.8 Å². The molecule has 1 aliphatic rings. The quantitative estimate of drug-likeness (QED) is 0.216. The van der Waals surface area contributed by atoms with E-state index in [1.54, 1.807) is 10.6 Å². The Hall–Kier alpha value is -4.00. The molecule has 1 fully saturated rings. The molecule has 2 aromatic heterocycles. The molecule has 10 heteroatoms. The molecule has 4 aromatic rings. The lowest BCUT2D eigenvalue weighted by atomic mass is 10.0. The summed E-state index contributed by atoms with van der Waals surface area (Å²) in [6, 6.07) is 13.6. The van der Waals surface area contributed by atoms with Gasteiger partial charge in [-0.1, -0.05) is 6.92 Å². The third-order valence-electron chi connectivity index (χ3n) is 7.84. The molecule has 0 spiro atoms. The molecule has 43 heavy (non-hydrogen) atoms. The molecule has 9 nitrogen and oxygen atoms in total. The first-order chi connectivity index (χ1) is 20.1. The van der Waals surface area contributed by atoms with E-state index in [9.17, 15) is 20.0 Å². The fourth-order valence-corrected chi connectivity index (χ4v) is 5.77. The summed E-state index contributed by atoms with van der Waals surface area (Å²) in [5.74, 6) is -0.992. The van der Waals surface area contributed by atoms with Gasteiger partial charge in [-0.05, 0) is 95.0 Å². The summed E-state index contributed by atoms with van der Waals surface area (Å²) in [4.78, 5) is 29.3. The highest BCUT2D eigenvalue weighted by Crippen LogP contribution is 2.31. The number of carbonyl (C=O) groups excluding carboxylic acids is 1. The molecule has 1 saturated heterocycles. The van der Waals surface area contributed by atoms with Crippen LogP contribution in [0.5, 0.6) is 0 Å². The number of benzene rings is 2. The Morgan fingerprint density at radius 2 is 1.79 bits per heavy atom. The fourth-order valence-electron chi connectivity index (χ4n) is 5.77. The van der Waals surface area contributed by atoms with Gasteiger partial charge in [0.25, 0.3) is 0 Å². The van der Waals surface area contributed by atoms with E-state index in [2.05, 4.69) is 21.9 Å². The number of aromatic carboxylic acids is 1. The zero-order valence-corrected chi connectivity index (χ0v) is 26.0. The smallest absolute Gasteiger partial charge is 0.419 e. The lowest BCUT2D eigenvalue weighted by Gasteiger charge is -2.36. The van der Waals surface area contributed by atoms with E-state index in [-0.39, 0.29) is 18.2 Å². The second kappa shape index (κ2) is 13.1. The van der Waals surface area contributed by atoms with Crippen LogP contribution in [0.15, 0.2) is 47.0 Å². The largest absolute Gasteiger partial charge is 0.475 e. The molecular weight excluding hydrogens is 568 g/mol. The zero-order valence-electron chi connectivity index (χ0n) is 25.2. The summed E-state index contributed by atoms with van der Waals surface area (Å²) in [6.45, 7) is 12.2. The molecule has 0 bridgehead atoms. The SMILES string of the molecule is CCc1c(C(=O)O)oc2ccc(N3CCN(CCCCc4cn(C(=O)OC(C)(C)C)c5ccc(C#N)cc45)CC3)cc12.Cl. The van der Waals surface area contributed by atoms with Crippen molar-refractivity contribution in [3.8, 4) is 6.07 Å². The highest BCUT2D eigenvalue weighted by atomic mass is 35.5. The predicted molar refractivity (Wildman–Crippen MR) is 170 cm³/mol. The number of nitriles is 1. The molecule has 0 radical (unpaired) electrons. The van der Waals surface area contributed by atoms with E-state index in [0.717, 1.165) is 85.1 Å². The number of aryl methyl sites for hydroxylation is 2. The van der Waals surface area contributed by atoms with Crippen molar-refractivity contribution in [3.05, 3.63) is 65.0 Å². The number of carboxylic acid groups (broad SMARTS) is 1. The number of rotatable bonds is 8. The molecule has 228 valence electrons. The molecule has 1 aliphatic heterocycles. The number of piperazine rings is 1. The van der Waals surface area contributed by atoms with Crippen molar-refractivity contribution < 1.29 is 23.8 Å². The van der Waals surface area contributed by atoms with Crippen LogP contribution in [0.4, 0.5) is 10.5 Å². The topological polar surface area (TPSA) is 112 Å². The van der Waals surface area contributed by atoms with Crippen LogP contribution in [-0.4, -0.2) is 65.0 Å². The first-order valence-electron chi connectivity index (χ1n) is 14.6. The molecule has 0 unspecified atom stereocenters. The number of fused-ring (bicyclic) bond motifs is 2. The minimum atomic E-state index is -1.03. The van der Waals surface area contributed by atoms with Crippen molar-refractivity contribution in [2.45, 2.75) is 59.0 Å². The molecule has 1 N–H and O–H groups in total. The minimum Gasteiger partial charge on any atom is -0.475 e. The van der Waals surface area contributed by atoms with Crippen LogP contribution in [0.25, 0.3) is 21.9 Å². The molecule has 0 atom stereocenters. The van der Waals surface area contributed by atoms with E-state index in [4.69, 9.17) is 9.15 Å². The predicted octanol–water partition coefficient (Wildman–Crippen LogP) is 6.87. The number of anilines is 1. The fraction of sp³-hybridized carbons (Fsp3) is 0.424. The Morgan fingerprint density at radius 1 is 1.05 bits per heavy atom. The lowest BCUT2D eigenvalue weighted by Crippen LogP contribution is -2.46. The highest BCUT2D eigenvalue weighted by Gasteiger charge is 2.23. The summed E-state index contributed by atoms with van der Waals surface area (Å²) in [5.41, 5.74) is 4.23. The van der Waals surface area contributed by atoms with Crippen LogP contribution in [0.3, 0.4) is 0 Å². The zero-order chi connectivity index (χ0) is 30.0. The Bertz CT molecular complexity index is 1670. The maximum atomic E-state index is 12.9. The lowest BCUT2D eigenvalue weighted by molar-refractivity contribution is 0.0543. The monoisotopic (exact) mass is 606 g/mol. The average molecular weight is 607 g/mol.